The molecule has 0 amide bonds. The monoisotopic (exact) mass is 394 g/mol. The number of aliphatic hydroxyl groups excluding tert-OH is 4. The molecule has 8 nitrogen and oxygen atoms in total. The third-order valence-corrected chi connectivity index (χ3v) is 5.70. The van der Waals surface area contributed by atoms with Gasteiger partial charge in [-0.3, -0.25) is 0 Å². The summed E-state index contributed by atoms with van der Waals surface area (Å²) in [6, 6.07) is 0. The van der Waals surface area contributed by atoms with Crippen LogP contribution in [0.2, 0.25) is 0 Å². The molecule has 0 unspecified atom stereocenters. The van der Waals surface area contributed by atoms with E-state index in [0.29, 0.717) is 5.57 Å². The van der Waals surface area contributed by atoms with E-state index in [4.69, 9.17) is 14.6 Å². The third-order valence-electron chi connectivity index (χ3n) is 5.70. The van der Waals surface area contributed by atoms with E-state index in [1.807, 2.05) is 0 Å². The number of carbonyl (C=O) groups excluding carboxylic acids is 2. The van der Waals surface area contributed by atoms with Crippen LogP contribution in [0.25, 0.3) is 0 Å². The molecule has 4 N–H and O–H groups in total. The second kappa shape index (κ2) is 7.90. The molecule has 0 bridgehead atoms. The van der Waals surface area contributed by atoms with Crippen molar-refractivity contribution in [2.75, 3.05) is 13.2 Å². The van der Waals surface area contributed by atoms with E-state index in [1.54, 1.807) is 6.92 Å². The van der Waals surface area contributed by atoms with Crippen LogP contribution < -0.4 is 0 Å². The van der Waals surface area contributed by atoms with Gasteiger partial charge < -0.3 is 29.9 Å². The molecule has 2 fully saturated rings. The van der Waals surface area contributed by atoms with Gasteiger partial charge in [-0.25, -0.2) is 9.59 Å². The summed E-state index contributed by atoms with van der Waals surface area (Å²) in [5, 5.41) is 38.5. The van der Waals surface area contributed by atoms with Crippen molar-refractivity contribution >= 4 is 11.9 Å². The summed E-state index contributed by atoms with van der Waals surface area (Å²) in [6.07, 6.45) is -3.28. The molecule has 0 aromatic heterocycles. The van der Waals surface area contributed by atoms with Crippen molar-refractivity contribution in [2.24, 2.45) is 17.3 Å². The van der Waals surface area contributed by atoms with E-state index in [9.17, 15) is 24.9 Å². The zero-order valence-electron chi connectivity index (χ0n) is 15.8. The van der Waals surface area contributed by atoms with Crippen molar-refractivity contribution in [3.63, 3.8) is 0 Å². The lowest BCUT2D eigenvalue weighted by Gasteiger charge is -2.49. The number of rotatable bonds is 7. The molecular weight excluding hydrogens is 368 g/mol. The molecule has 2 aliphatic rings. The highest BCUT2D eigenvalue weighted by Gasteiger charge is 2.60. The Balaban J connectivity index is 2.44. The smallest absolute Gasteiger partial charge is 0.336 e. The number of carbonyl (C=O) groups is 2. The fourth-order valence-corrected chi connectivity index (χ4v) is 4.01. The van der Waals surface area contributed by atoms with Gasteiger partial charge in [0.25, 0.3) is 0 Å². The first kappa shape index (κ1) is 21.9. The number of fused-ring (bicyclic) bond motifs is 1. The standard InChI is InChI=1S/C20H26O8/c1-9(7-21)16-17-15(11(3)19(26)28-17)14(6-20(16,5)12(4)23)27-18(25)10(2)13(24)8-22/h13-17,21-24H,1-4,6-8H2,5H3/t13-,14-,15+,16+,17-,20+/m0/s1. The highest BCUT2D eigenvalue weighted by atomic mass is 16.6. The van der Waals surface area contributed by atoms with Gasteiger partial charge in [-0.05, 0) is 12.0 Å². The molecule has 0 radical (unpaired) electrons. The number of ether oxygens (including phenoxy) is 2. The summed E-state index contributed by atoms with van der Waals surface area (Å²) in [4.78, 5) is 24.5. The minimum absolute atomic E-state index is 0.0388. The van der Waals surface area contributed by atoms with E-state index < -0.39 is 60.7 Å². The van der Waals surface area contributed by atoms with Gasteiger partial charge in [0.05, 0.1) is 30.5 Å². The van der Waals surface area contributed by atoms with Crippen LogP contribution >= 0.6 is 0 Å². The molecule has 6 atom stereocenters. The molecule has 1 aliphatic heterocycles. The van der Waals surface area contributed by atoms with Crippen LogP contribution in [-0.4, -0.2) is 63.9 Å². The van der Waals surface area contributed by atoms with Gasteiger partial charge in [-0.15, -0.1) is 0 Å². The van der Waals surface area contributed by atoms with E-state index in [2.05, 4.69) is 26.3 Å². The lowest BCUT2D eigenvalue weighted by Crippen LogP contribution is -2.53. The molecule has 0 spiro atoms. The Morgan fingerprint density at radius 3 is 2.46 bits per heavy atom. The fraction of sp³-hybridized carbons (Fsp3) is 0.500. The van der Waals surface area contributed by atoms with Gasteiger partial charge in [0.2, 0.25) is 0 Å². The van der Waals surface area contributed by atoms with Crippen molar-refractivity contribution in [3.8, 4) is 0 Å². The summed E-state index contributed by atoms with van der Waals surface area (Å²) >= 11 is 0. The van der Waals surface area contributed by atoms with Crippen molar-refractivity contribution in [2.45, 2.75) is 31.7 Å². The van der Waals surface area contributed by atoms with Crippen molar-refractivity contribution in [1.82, 2.24) is 0 Å². The molecule has 28 heavy (non-hydrogen) atoms. The predicted octanol–water partition coefficient (Wildman–Crippen LogP) is 0.552. The zero-order valence-corrected chi connectivity index (χ0v) is 15.8. The fourth-order valence-electron chi connectivity index (χ4n) is 4.01. The normalized spacial score (nSPS) is 32.9. The highest BCUT2D eigenvalue weighted by molar-refractivity contribution is 5.92. The Labute approximate surface area is 163 Å². The molecule has 154 valence electrons. The molecule has 1 aliphatic carbocycles. The lowest BCUT2D eigenvalue weighted by molar-refractivity contribution is -0.162. The largest absolute Gasteiger partial charge is 0.512 e. The second-order valence-corrected chi connectivity index (χ2v) is 7.45. The van der Waals surface area contributed by atoms with Crippen LogP contribution in [0.15, 0.2) is 48.8 Å². The first-order valence-electron chi connectivity index (χ1n) is 8.74. The number of esters is 2. The SMILES string of the molecule is C=C1C(=O)O[C@H]2[C@H]1[C@@H](OC(=O)C(=C)[C@@H](O)CO)C[C@](C)(C(=C)O)[C@@H]2C(=C)CO. The first-order valence-corrected chi connectivity index (χ1v) is 8.74. The molecule has 8 heteroatoms. The van der Waals surface area contributed by atoms with Crippen LogP contribution in [0.1, 0.15) is 13.3 Å². The summed E-state index contributed by atoms with van der Waals surface area (Å²) in [5.74, 6) is -3.29. The summed E-state index contributed by atoms with van der Waals surface area (Å²) < 4.78 is 10.9. The summed E-state index contributed by atoms with van der Waals surface area (Å²) in [6.45, 7) is 15.1. The van der Waals surface area contributed by atoms with Crippen LogP contribution in [0, 0.1) is 17.3 Å². The van der Waals surface area contributed by atoms with Gasteiger partial charge in [0.1, 0.15) is 18.3 Å². The van der Waals surface area contributed by atoms with E-state index in [0.717, 1.165) is 0 Å². The first-order chi connectivity index (χ1) is 13.0. The number of allylic oxidation sites excluding steroid dienone is 1. The van der Waals surface area contributed by atoms with E-state index in [-0.39, 0.29) is 23.3 Å². The quantitative estimate of drug-likeness (QED) is 0.213. The molecular formula is C20H26O8. The maximum Gasteiger partial charge on any atom is 0.336 e. The molecule has 1 saturated carbocycles. The van der Waals surface area contributed by atoms with Crippen LogP contribution in [0.5, 0.6) is 0 Å². The Morgan fingerprint density at radius 1 is 1.36 bits per heavy atom. The van der Waals surface area contributed by atoms with Crippen molar-refractivity contribution in [1.29, 1.82) is 0 Å². The summed E-state index contributed by atoms with van der Waals surface area (Å²) in [7, 11) is 0. The number of aliphatic hydroxyl groups is 4. The molecule has 2 rings (SSSR count). The Kier molecular flexibility index (Phi) is 6.18. The molecule has 1 heterocycles. The molecule has 0 aromatic carbocycles. The number of hydrogen-bond donors (Lipinski definition) is 4. The summed E-state index contributed by atoms with van der Waals surface area (Å²) in [5.41, 5.74) is -1.04. The average molecular weight is 394 g/mol. The predicted molar refractivity (Wildman–Crippen MR) is 98.8 cm³/mol. The van der Waals surface area contributed by atoms with Crippen molar-refractivity contribution < 1.29 is 39.5 Å². The van der Waals surface area contributed by atoms with Gasteiger partial charge >= 0.3 is 11.9 Å². The van der Waals surface area contributed by atoms with E-state index >= 15 is 0 Å². The van der Waals surface area contributed by atoms with Crippen LogP contribution in [0.3, 0.4) is 0 Å². The lowest BCUT2D eigenvalue weighted by atomic mass is 9.58. The van der Waals surface area contributed by atoms with Gasteiger partial charge in [0.15, 0.2) is 0 Å². The topological polar surface area (TPSA) is 134 Å². The number of hydrogen-bond acceptors (Lipinski definition) is 8. The Morgan fingerprint density at radius 2 is 1.96 bits per heavy atom. The van der Waals surface area contributed by atoms with Crippen LogP contribution in [-0.2, 0) is 19.1 Å². The minimum atomic E-state index is -1.49. The minimum Gasteiger partial charge on any atom is -0.512 e. The molecule has 0 aromatic rings. The van der Waals surface area contributed by atoms with Crippen molar-refractivity contribution in [3.05, 3.63) is 48.8 Å². The Bertz CT molecular complexity index is 738. The second-order valence-electron chi connectivity index (χ2n) is 7.45. The maximum atomic E-state index is 12.4. The van der Waals surface area contributed by atoms with E-state index in [1.165, 1.54) is 0 Å². The highest BCUT2D eigenvalue weighted by Crippen LogP contribution is 2.55. The Hall–Kier alpha value is -2.42. The average Bonchev–Trinajstić information content (AvgIpc) is 2.94. The van der Waals surface area contributed by atoms with Gasteiger partial charge in [-0.1, -0.05) is 33.2 Å². The van der Waals surface area contributed by atoms with Crippen LogP contribution in [0.4, 0.5) is 0 Å². The van der Waals surface area contributed by atoms with Gasteiger partial charge in [0, 0.05) is 16.9 Å². The maximum absolute atomic E-state index is 12.4. The van der Waals surface area contributed by atoms with Gasteiger partial charge in [-0.2, -0.15) is 0 Å². The zero-order chi connectivity index (χ0) is 21.4. The third kappa shape index (κ3) is 3.50. The molecule has 1 saturated heterocycles.